The summed E-state index contributed by atoms with van der Waals surface area (Å²) in [4.78, 5) is 0. The van der Waals surface area contributed by atoms with Crippen molar-refractivity contribution >= 4 is 26.7 Å². The average molecular weight is 338 g/mol. The van der Waals surface area contributed by atoms with Crippen LogP contribution < -0.4 is 4.74 Å². The number of nitrogens with zero attached hydrogens (tertiary/aromatic N) is 1. The number of benzene rings is 3. The van der Waals surface area contributed by atoms with E-state index in [1.54, 1.807) is 6.07 Å². The molecule has 0 saturated carbocycles. The molecule has 3 aromatic rings. The highest BCUT2D eigenvalue weighted by Crippen LogP contribution is 2.36. The van der Waals surface area contributed by atoms with Gasteiger partial charge in [0.05, 0.1) is 16.1 Å². The van der Waals surface area contributed by atoms with Crippen molar-refractivity contribution in [1.29, 1.82) is 5.26 Å². The Bertz CT molecular complexity index is 865. The molecule has 102 valence electrons. The van der Waals surface area contributed by atoms with Crippen molar-refractivity contribution in [3.8, 4) is 17.6 Å². The molecule has 3 rings (SSSR count). The summed E-state index contributed by atoms with van der Waals surface area (Å²) < 4.78 is 6.87. The fourth-order valence-electron chi connectivity index (χ4n) is 2.24. The first-order chi connectivity index (χ1) is 10.2. The van der Waals surface area contributed by atoms with Gasteiger partial charge >= 0.3 is 0 Å². The molecule has 0 aliphatic heterocycles. The molecule has 2 nitrogen and oxygen atoms in total. The predicted molar refractivity (Wildman–Crippen MR) is 87.6 cm³/mol. The maximum atomic E-state index is 8.96. The van der Waals surface area contributed by atoms with Crippen LogP contribution in [0.15, 0.2) is 59.1 Å². The largest absolute Gasteiger partial charge is 0.456 e. The number of halogens is 1. The third-order valence-electron chi connectivity index (χ3n) is 3.37. The molecule has 0 unspecified atom stereocenters. The minimum atomic E-state index is 0.667. The third kappa shape index (κ3) is 2.63. The van der Waals surface area contributed by atoms with Crippen LogP contribution in [0.1, 0.15) is 11.1 Å². The molecule has 0 spiro atoms. The van der Waals surface area contributed by atoms with E-state index >= 15 is 0 Å². The Morgan fingerprint density at radius 3 is 2.62 bits per heavy atom. The third-order valence-corrected chi connectivity index (χ3v) is 4.19. The molecule has 0 amide bonds. The second kappa shape index (κ2) is 5.59. The standard InChI is InChI=1S/C18H12BrNO/c1-12-10-15(8-6-14(12)11-20)21-17-9-7-13-4-2-3-5-16(13)18(17)19/h2-10H,1H3. The van der Waals surface area contributed by atoms with Crippen LogP contribution in [-0.4, -0.2) is 0 Å². The molecule has 0 aromatic heterocycles. The van der Waals surface area contributed by atoms with Gasteiger partial charge in [0.2, 0.25) is 0 Å². The van der Waals surface area contributed by atoms with Gasteiger partial charge in [0.1, 0.15) is 11.5 Å². The molecule has 0 aliphatic rings. The van der Waals surface area contributed by atoms with E-state index in [4.69, 9.17) is 10.00 Å². The van der Waals surface area contributed by atoms with E-state index in [-0.39, 0.29) is 0 Å². The van der Waals surface area contributed by atoms with Crippen molar-refractivity contribution in [3.05, 3.63) is 70.2 Å². The van der Waals surface area contributed by atoms with E-state index in [2.05, 4.69) is 34.1 Å². The monoisotopic (exact) mass is 337 g/mol. The molecule has 0 fully saturated rings. The normalized spacial score (nSPS) is 10.3. The van der Waals surface area contributed by atoms with Crippen LogP contribution >= 0.6 is 15.9 Å². The Morgan fingerprint density at radius 2 is 1.86 bits per heavy atom. The van der Waals surface area contributed by atoms with E-state index in [0.29, 0.717) is 5.56 Å². The first-order valence-electron chi connectivity index (χ1n) is 6.55. The fourth-order valence-corrected chi connectivity index (χ4v) is 2.82. The van der Waals surface area contributed by atoms with Crippen LogP contribution in [0.25, 0.3) is 10.8 Å². The number of hydrogen-bond acceptors (Lipinski definition) is 2. The lowest BCUT2D eigenvalue weighted by Gasteiger charge is -2.11. The fraction of sp³-hybridized carbons (Fsp3) is 0.0556. The molecule has 3 heteroatoms. The molecule has 3 aromatic carbocycles. The lowest BCUT2D eigenvalue weighted by molar-refractivity contribution is 0.480. The Morgan fingerprint density at radius 1 is 1.05 bits per heavy atom. The molecule has 0 N–H and O–H groups in total. The Kier molecular flexibility index (Phi) is 3.64. The highest BCUT2D eigenvalue weighted by Gasteiger charge is 2.08. The first kappa shape index (κ1) is 13.7. The number of rotatable bonds is 2. The smallest absolute Gasteiger partial charge is 0.142 e. The molecule has 21 heavy (non-hydrogen) atoms. The predicted octanol–water partition coefficient (Wildman–Crippen LogP) is 5.57. The average Bonchev–Trinajstić information content (AvgIpc) is 2.51. The Labute approximate surface area is 131 Å². The first-order valence-corrected chi connectivity index (χ1v) is 7.34. The van der Waals surface area contributed by atoms with Gasteiger partial charge in [-0.05, 0) is 63.5 Å². The van der Waals surface area contributed by atoms with Gasteiger partial charge in [-0.3, -0.25) is 0 Å². The quantitative estimate of drug-likeness (QED) is 0.611. The zero-order chi connectivity index (χ0) is 14.8. The molecular formula is C18H12BrNO. The van der Waals surface area contributed by atoms with Gasteiger partial charge in [-0.15, -0.1) is 0 Å². The van der Waals surface area contributed by atoms with Crippen LogP contribution in [0, 0.1) is 18.3 Å². The van der Waals surface area contributed by atoms with E-state index in [9.17, 15) is 0 Å². The van der Waals surface area contributed by atoms with Crippen LogP contribution in [-0.2, 0) is 0 Å². The van der Waals surface area contributed by atoms with Crippen molar-refractivity contribution < 1.29 is 4.74 Å². The second-order valence-corrected chi connectivity index (χ2v) is 5.58. The van der Waals surface area contributed by atoms with Crippen LogP contribution in [0.5, 0.6) is 11.5 Å². The van der Waals surface area contributed by atoms with Gasteiger partial charge in [0.15, 0.2) is 0 Å². The van der Waals surface area contributed by atoms with E-state index < -0.39 is 0 Å². The minimum Gasteiger partial charge on any atom is -0.456 e. The maximum absolute atomic E-state index is 8.96. The van der Waals surface area contributed by atoms with Gasteiger partial charge in [0, 0.05) is 0 Å². The van der Waals surface area contributed by atoms with Crippen molar-refractivity contribution in [1.82, 2.24) is 0 Å². The van der Waals surface area contributed by atoms with E-state index in [0.717, 1.165) is 32.3 Å². The summed E-state index contributed by atoms with van der Waals surface area (Å²) in [7, 11) is 0. The molecule has 0 saturated heterocycles. The number of hydrogen-bond donors (Lipinski definition) is 0. The van der Waals surface area contributed by atoms with E-state index in [1.807, 2.05) is 43.3 Å². The molecule has 0 aliphatic carbocycles. The molecule has 0 atom stereocenters. The van der Waals surface area contributed by atoms with Crippen molar-refractivity contribution in [3.63, 3.8) is 0 Å². The summed E-state index contributed by atoms with van der Waals surface area (Å²) in [6.45, 7) is 1.90. The number of ether oxygens (including phenoxy) is 1. The minimum absolute atomic E-state index is 0.667. The van der Waals surface area contributed by atoms with Gasteiger partial charge in [0.25, 0.3) is 0 Å². The van der Waals surface area contributed by atoms with Crippen molar-refractivity contribution in [2.75, 3.05) is 0 Å². The Hall–Kier alpha value is -2.31. The van der Waals surface area contributed by atoms with Crippen LogP contribution in [0.2, 0.25) is 0 Å². The van der Waals surface area contributed by atoms with Crippen LogP contribution in [0.4, 0.5) is 0 Å². The summed E-state index contributed by atoms with van der Waals surface area (Å²) in [5.74, 6) is 1.49. The van der Waals surface area contributed by atoms with Gasteiger partial charge < -0.3 is 4.74 Å². The number of fused-ring (bicyclic) bond motifs is 1. The van der Waals surface area contributed by atoms with Gasteiger partial charge in [-0.1, -0.05) is 30.3 Å². The maximum Gasteiger partial charge on any atom is 0.142 e. The summed E-state index contributed by atoms with van der Waals surface area (Å²) >= 11 is 3.61. The lowest BCUT2D eigenvalue weighted by atomic mass is 10.1. The summed E-state index contributed by atoms with van der Waals surface area (Å²) in [5, 5.41) is 11.2. The molecule has 0 bridgehead atoms. The van der Waals surface area contributed by atoms with Crippen molar-refractivity contribution in [2.24, 2.45) is 0 Å². The highest BCUT2D eigenvalue weighted by molar-refractivity contribution is 9.10. The second-order valence-electron chi connectivity index (χ2n) is 4.79. The zero-order valence-corrected chi connectivity index (χ0v) is 13.0. The lowest BCUT2D eigenvalue weighted by Crippen LogP contribution is -1.89. The topological polar surface area (TPSA) is 33.0 Å². The van der Waals surface area contributed by atoms with Gasteiger partial charge in [-0.2, -0.15) is 5.26 Å². The molecular weight excluding hydrogens is 326 g/mol. The Balaban J connectivity index is 2.00. The summed E-state index contributed by atoms with van der Waals surface area (Å²) in [6.07, 6.45) is 0. The van der Waals surface area contributed by atoms with Crippen molar-refractivity contribution in [2.45, 2.75) is 6.92 Å². The summed E-state index contributed by atoms with van der Waals surface area (Å²) in [5.41, 5.74) is 1.58. The summed E-state index contributed by atoms with van der Waals surface area (Å²) in [6, 6.07) is 19.7. The van der Waals surface area contributed by atoms with Crippen LogP contribution in [0.3, 0.4) is 0 Å². The highest BCUT2D eigenvalue weighted by atomic mass is 79.9. The van der Waals surface area contributed by atoms with E-state index in [1.165, 1.54) is 0 Å². The molecule has 0 radical (unpaired) electrons. The number of nitriles is 1. The SMILES string of the molecule is Cc1cc(Oc2ccc3ccccc3c2Br)ccc1C#N. The number of aryl methyl sites for hydroxylation is 1. The zero-order valence-electron chi connectivity index (χ0n) is 11.4. The van der Waals surface area contributed by atoms with Gasteiger partial charge in [-0.25, -0.2) is 0 Å². The molecule has 0 heterocycles.